The lowest BCUT2D eigenvalue weighted by atomic mass is 10.1. The lowest BCUT2D eigenvalue weighted by Gasteiger charge is -2.29. The first-order valence-electron chi connectivity index (χ1n) is 5.33. The zero-order chi connectivity index (χ0) is 12.6. The molecule has 1 saturated heterocycles. The van der Waals surface area contributed by atoms with Gasteiger partial charge in [-0.1, -0.05) is 6.07 Å². The van der Waals surface area contributed by atoms with E-state index in [0.29, 0.717) is 0 Å². The van der Waals surface area contributed by atoms with Gasteiger partial charge < -0.3 is 10.2 Å². The fraction of sp³-hybridized carbons (Fsp3) is 0.333. The van der Waals surface area contributed by atoms with E-state index in [-0.39, 0.29) is 24.9 Å². The largest absolute Gasteiger partial charge is 0.345 e. The molecule has 4 nitrogen and oxygen atoms in total. The van der Waals surface area contributed by atoms with Crippen LogP contribution in [0, 0.1) is 13.8 Å². The van der Waals surface area contributed by atoms with Crippen LogP contribution in [0.1, 0.15) is 11.1 Å². The van der Waals surface area contributed by atoms with E-state index < -0.39 is 0 Å². The Kier molecular flexibility index (Phi) is 3.19. The average Bonchev–Trinajstić information content (AvgIpc) is 2.21. The highest BCUT2D eigenvalue weighted by Crippen LogP contribution is 2.31. The molecule has 0 aromatic heterocycles. The van der Waals surface area contributed by atoms with Crippen LogP contribution < -0.4 is 10.2 Å². The van der Waals surface area contributed by atoms with E-state index in [9.17, 15) is 9.59 Å². The number of piperazine rings is 1. The number of hydrogen-bond donors (Lipinski definition) is 1. The molecule has 0 atom stereocenters. The van der Waals surface area contributed by atoms with Crippen molar-refractivity contribution in [1.82, 2.24) is 5.32 Å². The van der Waals surface area contributed by atoms with Gasteiger partial charge in [-0.25, -0.2) is 0 Å². The highest BCUT2D eigenvalue weighted by molar-refractivity contribution is 9.10. The molecule has 0 saturated carbocycles. The van der Waals surface area contributed by atoms with Gasteiger partial charge in [0.05, 0.1) is 12.2 Å². The van der Waals surface area contributed by atoms with Crippen LogP contribution in [0.15, 0.2) is 16.6 Å². The van der Waals surface area contributed by atoms with Crippen LogP contribution in [0.2, 0.25) is 0 Å². The van der Waals surface area contributed by atoms with Gasteiger partial charge in [0.1, 0.15) is 6.54 Å². The van der Waals surface area contributed by atoms with Crippen LogP contribution in [-0.4, -0.2) is 24.9 Å². The second-order valence-electron chi connectivity index (χ2n) is 4.17. The van der Waals surface area contributed by atoms with Crippen molar-refractivity contribution in [2.24, 2.45) is 0 Å². The Morgan fingerprint density at radius 1 is 1.29 bits per heavy atom. The molecule has 90 valence electrons. The van der Waals surface area contributed by atoms with E-state index in [1.807, 2.05) is 26.0 Å². The normalized spacial score (nSPS) is 16.1. The van der Waals surface area contributed by atoms with Crippen LogP contribution in [0.3, 0.4) is 0 Å². The molecule has 1 aromatic rings. The van der Waals surface area contributed by atoms with Gasteiger partial charge in [0.2, 0.25) is 11.8 Å². The molecule has 1 aliphatic rings. The van der Waals surface area contributed by atoms with Crippen molar-refractivity contribution in [2.75, 3.05) is 18.0 Å². The Bertz CT molecular complexity index is 476. The number of halogens is 1. The first kappa shape index (κ1) is 12.1. The highest BCUT2D eigenvalue weighted by atomic mass is 79.9. The van der Waals surface area contributed by atoms with Crippen molar-refractivity contribution in [3.8, 4) is 0 Å². The summed E-state index contributed by atoms with van der Waals surface area (Å²) in [6, 6.07) is 3.95. The van der Waals surface area contributed by atoms with Gasteiger partial charge in [0.25, 0.3) is 0 Å². The number of amides is 2. The van der Waals surface area contributed by atoms with E-state index in [0.717, 1.165) is 21.3 Å². The molecule has 1 fully saturated rings. The van der Waals surface area contributed by atoms with Gasteiger partial charge in [0, 0.05) is 4.47 Å². The lowest BCUT2D eigenvalue weighted by molar-refractivity contribution is -0.128. The molecule has 0 unspecified atom stereocenters. The highest BCUT2D eigenvalue weighted by Gasteiger charge is 2.26. The van der Waals surface area contributed by atoms with Crippen LogP contribution in [-0.2, 0) is 9.59 Å². The summed E-state index contributed by atoms with van der Waals surface area (Å²) >= 11 is 3.46. The first-order chi connectivity index (χ1) is 7.99. The summed E-state index contributed by atoms with van der Waals surface area (Å²) in [7, 11) is 0. The second kappa shape index (κ2) is 4.49. The van der Waals surface area contributed by atoms with Gasteiger partial charge >= 0.3 is 0 Å². The summed E-state index contributed by atoms with van der Waals surface area (Å²) in [5.74, 6) is -0.214. The molecular weight excluding hydrogens is 284 g/mol. The zero-order valence-electron chi connectivity index (χ0n) is 9.71. The fourth-order valence-corrected chi connectivity index (χ4v) is 2.90. The summed E-state index contributed by atoms with van der Waals surface area (Å²) < 4.78 is 0.845. The number of aryl methyl sites for hydroxylation is 2. The third-order valence-corrected chi connectivity index (χ3v) is 3.31. The molecule has 1 N–H and O–H groups in total. The molecule has 0 radical (unpaired) electrons. The maximum absolute atomic E-state index is 11.8. The van der Waals surface area contributed by atoms with E-state index in [4.69, 9.17) is 0 Å². The summed E-state index contributed by atoms with van der Waals surface area (Å²) in [4.78, 5) is 24.7. The van der Waals surface area contributed by atoms with Crippen LogP contribution >= 0.6 is 15.9 Å². The Hall–Kier alpha value is -1.36. The summed E-state index contributed by atoms with van der Waals surface area (Å²) in [5, 5.41) is 2.54. The molecule has 1 aliphatic heterocycles. The van der Waals surface area contributed by atoms with Crippen molar-refractivity contribution in [2.45, 2.75) is 13.8 Å². The van der Waals surface area contributed by atoms with Gasteiger partial charge in [0.15, 0.2) is 0 Å². The second-order valence-corrected chi connectivity index (χ2v) is 5.02. The minimum Gasteiger partial charge on any atom is -0.345 e. The first-order valence-corrected chi connectivity index (χ1v) is 6.12. The molecule has 5 heteroatoms. The number of benzene rings is 1. The van der Waals surface area contributed by atoms with Gasteiger partial charge in [-0.05, 0) is 47.0 Å². The predicted molar refractivity (Wildman–Crippen MR) is 69.0 cm³/mol. The van der Waals surface area contributed by atoms with Crippen LogP contribution in [0.5, 0.6) is 0 Å². The SMILES string of the molecule is Cc1cc(C)c(N2CC(=O)NCC2=O)c(Br)c1. The van der Waals surface area contributed by atoms with Crippen LogP contribution in [0.25, 0.3) is 0 Å². The average molecular weight is 297 g/mol. The van der Waals surface area contributed by atoms with Gasteiger partial charge in [-0.2, -0.15) is 0 Å². The van der Waals surface area contributed by atoms with Gasteiger partial charge in [-0.15, -0.1) is 0 Å². The van der Waals surface area contributed by atoms with E-state index in [1.165, 1.54) is 4.90 Å². The number of anilines is 1. The zero-order valence-corrected chi connectivity index (χ0v) is 11.3. The Morgan fingerprint density at radius 2 is 2.00 bits per heavy atom. The Morgan fingerprint density at radius 3 is 2.65 bits per heavy atom. The molecule has 2 amide bonds. The summed E-state index contributed by atoms with van der Waals surface area (Å²) in [5.41, 5.74) is 2.89. The van der Waals surface area contributed by atoms with E-state index in [1.54, 1.807) is 0 Å². The third kappa shape index (κ3) is 2.34. The number of carbonyl (C=O) groups excluding carboxylic acids is 2. The quantitative estimate of drug-likeness (QED) is 0.854. The van der Waals surface area contributed by atoms with E-state index in [2.05, 4.69) is 21.2 Å². The van der Waals surface area contributed by atoms with Crippen LogP contribution in [0.4, 0.5) is 5.69 Å². The smallest absolute Gasteiger partial charge is 0.246 e. The predicted octanol–water partition coefficient (Wildman–Crippen LogP) is 1.53. The van der Waals surface area contributed by atoms with Crippen molar-refractivity contribution in [3.63, 3.8) is 0 Å². The Balaban J connectivity index is 2.45. The topological polar surface area (TPSA) is 49.4 Å². The van der Waals surface area contributed by atoms with Crippen molar-refractivity contribution in [1.29, 1.82) is 0 Å². The molecule has 0 spiro atoms. The molecule has 0 aliphatic carbocycles. The standard InChI is InChI=1S/C12H13BrN2O2/c1-7-3-8(2)12(9(13)4-7)15-6-10(16)14-5-11(15)17/h3-4H,5-6H2,1-2H3,(H,14,16). The fourth-order valence-electron chi connectivity index (χ4n) is 2.01. The van der Waals surface area contributed by atoms with Gasteiger partial charge in [-0.3, -0.25) is 9.59 Å². The number of rotatable bonds is 1. The maximum atomic E-state index is 11.8. The molecule has 1 heterocycles. The number of carbonyl (C=O) groups is 2. The number of hydrogen-bond acceptors (Lipinski definition) is 2. The maximum Gasteiger partial charge on any atom is 0.246 e. The van der Waals surface area contributed by atoms with Crippen molar-refractivity contribution >= 4 is 33.4 Å². The van der Waals surface area contributed by atoms with Crippen molar-refractivity contribution in [3.05, 3.63) is 27.7 Å². The number of nitrogens with one attached hydrogen (secondary N) is 1. The monoisotopic (exact) mass is 296 g/mol. The minimum atomic E-state index is -0.128. The summed E-state index contributed by atoms with van der Waals surface area (Å²) in [6.45, 7) is 4.08. The molecule has 0 bridgehead atoms. The molecule has 1 aromatic carbocycles. The Labute approximate surface area is 108 Å². The third-order valence-electron chi connectivity index (χ3n) is 2.71. The number of nitrogens with zero attached hydrogens (tertiary/aromatic N) is 1. The minimum absolute atomic E-state index is 0.0680. The molecule has 17 heavy (non-hydrogen) atoms. The van der Waals surface area contributed by atoms with Crippen molar-refractivity contribution < 1.29 is 9.59 Å². The molecular formula is C12H13BrN2O2. The van der Waals surface area contributed by atoms with E-state index >= 15 is 0 Å². The summed E-state index contributed by atoms with van der Waals surface area (Å²) in [6.07, 6.45) is 0. The molecule has 2 rings (SSSR count). The lowest BCUT2D eigenvalue weighted by Crippen LogP contribution is -2.52.